The van der Waals surface area contributed by atoms with E-state index < -0.39 is 54.4 Å². The van der Waals surface area contributed by atoms with E-state index in [9.17, 15) is 4.79 Å². The van der Waals surface area contributed by atoms with Gasteiger partial charge in [0.1, 0.15) is 18.0 Å². The third-order valence-electron chi connectivity index (χ3n) is 6.03. The molecule has 180 valence electrons. The summed E-state index contributed by atoms with van der Waals surface area (Å²) in [6, 6.07) is 7.39. The lowest BCUT2D eigenvalue weighted by molar-refractivity contribution is -0.236. The zero-order chi connectivity index (χ0) is 23.4. The van der Waals surface area contributed by atoms with Gasteiger partial charge in [0.05, 0.1) is 19.4 Å². The van der Waals surface area contributed by atoms with Crippen molar-refractivity contribution in [2.24, 2.45) is 5.16 Å². The van der Waals surface area contributed by atoms with Gasteiger partial charge in [-0.1, -0.05) is 5.16 Å². The number of ether oxygens (including phenoxy) is 7. The Kier molecular flexibility index (Phi) is 5.61. The van der Waals surface area contributed by atoms with Gasteiger partial charge >= 0.3 is 5.97 Å². The minimum atomic E-state index is -0.866. The van der Waals surface area contributed by atoms with Crippen molar-refractivity contribution < 1.29 is 42.8 Å². The summed E-state index contributed by atoms with van der Waals surface area (Å²) >= 11 is 0. The number of rotatable bonds is 5. The standard InChI is InChI=1S/C23H29NO9/c1-22(2)27-11-16(30-22)17-18(19-21(29-17)32-23(3,4)31-19)28-20(25)15-10-14(24-33-15)12-6-8-13(26-5)9-7-12/h6-9,15-19,21H,10-11H2,1-5H3/t15-,16-,17-,18+,19-,21-/m1/s1. The molecule has 0 spiro atoms. The van der Waals surface area contributed by atoms with Gasteiger partial charge in [0.2, 0.25) is 6.10 Å². The SMILES string of the molecule is COc1ccc(C2=NO[C@@H](C(=O)O[C@@H]3[C@H]4OC(C)(C)O[C@H]4O[C@@H]3[C@H]3COC(C)(C)O3)C2)cc1. The number of oxime groups is 1. The highest BCUT2D eigenvalue weighted by molar-refractivity contribution is 6.03. The summed E-state index contributed by atoms with van der Waals surface area (Å²) in [4.78, 5) is 18.5. The Morgan fingerprint density at radius 3 is 2.45 bits per heavy atom. The number of hydrogen-bond donors (Lipinski definition) is 0. The molecule has 1 aromatic rings. The van der Waals surface area contributed by atoms with Gasteiger partial charge < -0.3 is 38.0 Å². The average Bonchev–Trinajstić information content (AvgIpc) is 3.51. The number of fused-ring (bicyclic) bond motifs is 1. The van der Waals surface area contributed by atoms with Crippen LogP contribution in [0.4, 0.5) is 0 Å². The van der Waals surface area contributed by atoms with E-state index in [2.05, 4.69) is 5.16 Å². The number of carbonyl (C=O) groups excluding carboxylic acids is 1. The van der Waals surface area contributed by atoms with Gasteiger partial charge in [-0.2, -0.15) is 0 Å². The molecule has 4 heterocycles. The first-order valence-electron chi connectivity index (χ1n) is 11.0. The molecule has 5 rings (SSSR count). The highest BCUT2D eigenvalue weighted by atomic mass is 16.9. The highest BCUT2D eigenvalue weighted by Crippen LogP contribution is 2.42. The van der Waals surface area contributed by atoms with Crippen LogP contribution in [-0.4, -0.2) is 73.8 Å². The summed E-state index contributed by atoms with van der Waals surface area (Å²) in [6.07, 6.45) is -3.64. The molecule has 0 bridgehead atoms. The van der Waals surface area contributed by atoms with E-state index in [-0.39, 0.29) is 6.42 Å². The molecule has 0 unspecified atom stereocenters. The Morgan fingerprint density at radius 1 is 1.03 bits per heavy atom. The molecule has 0 aromatic heterocycles. The van der Waals surface area contributed by atoms with E-state index in [0.717, 1.165) is 11.3 Å². The molecule has 3 saturated heterocycles. The molecule has 4 aliphatic heterocycles. The monoisotopic (exact) mass is 463 g/mol. The topological polar surface area (TPSA) is 103 Å². The van der Waals surface area contributed by atoms with Crippen molar-refractivity contribution in [1.82, 2.24) is 0 Å². The first kappa shape index (κ1) is 22.5. The molecule has 0 amide bonds. The Bertz CT molecular complexity index is 928. The van der Waals surface area contributed by atoms with Gasteiger partial charge in [-0.25, -0.2) is 4.79 Å². The Balaban J connectivity index is 1.27. The first-order chi connectivity index (χ1) is 15.6. The maximum Gasteiger partial charge on any atom is 0.351 e. The van der Waals surface area contributed by atoms with E-state index in [0.29, 0.717) is 12.3 Å². The minimum absolute atomic E-state index is 0.288. The Morgan fingerprint density at radius 2 is 1.79 bits per heavy atom. The van der Waals surface area contributed by atoms with Crippen LogP contribution in [0.5, 0.6) is 5.75 Å². The van der Waals surface area contributed by atoms with Gasteiger partial charge in [-0.3, -0.25) is 0 Å². The molecule has 10 heteroatoms. The largest absolute Gasteiger partial charge is 0.497 e. The minimum Gasteiger partial charge on any atom is -0.497 e. The van der Waals surface area contributed by atoms with E-state index in [4.69, 9.17) is 38.0 Å². The first-order valence-corrected chi connectivity index (χ1v) is 11.0. The summed E-state index contributed by atoms with van der Waals surface area (Å²) in [5, 5.41) is 4.09. The van der Waals surface area contributed by atoms with Gasteiger partial charge in [0, 0.05) is 6.42 Å². The lowest BCUT2D eigenvalue weighted by Gasteiger charge is -2.29. The molecule has 0 radical (unpaired) electrons. The van der Waals surface area contributed by atoms with Crippen LogP contribution in [0.25, 0.3) is 0 Å². The average molecular weight is 463 g/mol. The van der Waals surface area contributed by atoms with Gasteiger partial charge in [0.15, 0.2) is 30.1 Å². The zero-order valence-corrected chi connectivity index (χ0v) is 19.3. The van der Waals surface area contributed by atoms with Gasteiger partial charge in [0.25, 0.3) is 0 Å². The van der Waals surface area contributed by atoms with Crippen molar-refractivity contribution in [3.05, 3.63) is 29.8 Å². The number of esters is 1. The summed E-state index contributed by atoms with van der Waals surface area (Å²) in [6.45, 7) is 7.53. The predicted molar refractivity (Wildman–Crippen MR) is 113 cm³/mol. The summed E-state index contributed by atoms with van der Waals surface area (Å²) in [5.74, 6) is -1.42. The second-order valence-corrected chi connectivity index (χ2v) is 9.40. The summed E-state index contributed by atoms with van der Waals surface area (Å²) in [7, 11) is 1.60. The quantitative estimate of drug-likeness (QED) is 0.608. The molecular formula is C23H29NO9. The third kappa shape index (κ3) is 4.45. The third-order valence-corrected chi connectivity index (χ3v) is 6.03. The fourth-order valence-corrected chi connectivity index (χ4v) is 4.48. The van der Waals surface area contributed by atoms with Crippen molar-refractivity contribution >= 4 is 11.7 Å². The Labute approximate surface area is 192 Å². The van der Waals surface area contributed by atoms with Crippen molar-refractivity contribution in [2.45, 2.75) is 82.5 Å². The van der Waals surface area contributed by atoms with Crippen molar-refractivity contribution in [3.8, 4) is 5.75 Å². The van der Waals surface area contributed by atoms with Crippen LogP contribution in [0.1, 0.15) is 39.7 Å². The molecular weight excluding hydrogens is 434 g/mol. The van der Waals surface area contributed by atoms with Crippen molar-refractivity contribution in [1.29, 1.82) is 0 Å². The predicted octanol–water partition coefficient (Wildman–Crippen LogP) is 2.13. The number of nitrogens with zero attached hydrogens (tertiary/aromatic N) is 1. The lowest BCUT2D eigenvalue weighted by atomic mass is 10.0. The van der Waals surface area contributed by atoms with Crippen LogP contribution in [0.2, 0.25) is 0 Å². The fraction of sp³-hybridized carbons (Fsp3) is 0.652. The Hall–Kier alpha value is -2.24. The second-order valence-electron chi connectivity index (χ2n) is 9.40. The van der Waals surface area contributed by atoms with Gasteiger partial charge in [-0.15, -0.1) is 0 Å². The zero-order valence-electron chi connectivity index (χ0n) is 19.3. The van der Waals surface area contributed by atoms with E-state index in [1.165, 1.54) is 0 Å². The summed E-state index contributed by atoms with van der Waals surface area (Å²) < 4.78 is 40.7. The maximum atomic E-state index is 13.1. The molecule has 4 aliphatic rings. The molecule has 0 aliphatic carbocycles. The molecule has 3 fully saturated rings. The van der Waals surface area contributed by atoms with E-state index >= 15 is 0 Å². The normalized spacial score (nSPS) is 36.2. The number of benzene rings is 1. The molecule has 0 saturated carbocycles. The molecule has 6 atom stereocenters. The highest BCUT2D eigenvalue weighted by Gasteiger charge is 2.60. The maximum absolute atomic E-state index is 13.1. The fourth-order valence-electron chi connectivity index (χ4n) is 4.48. The van der Waals surface area contributed by atoms with Crippen molar-refractivity contribution in [3.63, 3.8) is 0 Å². The number of methoxy groups -OCH3 is 1. The molecule has 33 heavy (non-hydrogen) atoms. The number of carbonyl (C=O) groups is 1. The van der Waals surface area contributed by atoms with Crippen LogP contribution in [0.3, 0.4) is 0 Å². The van der Waals surface area contributed by atoms with Crippen LogP contribution in [-0.2, 0) is 38.1 Å². The van der Waals surface area contributed by atoms with Crippen molar-refractivity contribution in [2.75, 3.05) is 13.7 Å². The smallest absolute Gasteiger partial charge is 0.351 e. The van der Waals surface area contributed by atoms with E-state index in [1.54, 1.807) is 21.0 Å². The van der Waals surface area contributed by atoms with E-state index in [1.807, 2.05) is 38.1 Å². The second kappa shape index (κ2) is 8.21. The molecule has 0 N–H and O–H groups in total. The molecule has 1 aromatic carbocycles. The van der Waals surface area contributed by atoms with Crippen LogP contribution < -0.4 is 4.74 Å². The number of hydrogen-bond acceptors (Lipinski definition) is 10. The molecule has 10 nitrogen and oxygen atoms in total. The van der Waals surface area contributed by atoms with Crippen LogP contribution in [0, 0.1) is 0 Å². The van der Waals surface area contributed by atoms with Crippen LogP contribution in [0.15, 0.2) is 29.4 Å². The van der Waals surface area contributed by atoms with Gasteiger partial charge in [-0.05, 0) is 57.5 Å². The van der Waals surface area contributed by atoms with Crippen LogP contribution >= 0.6 is 0 Å². The lowest BCUT2D eigenvalue weighted by Crippen LogP contribution is -2.46. The summed E-state index contributed by atoms with van der Waals surface area (Å²) in [5.41, 5.74) is 1.51.